The fourth-order valence-electron chi connectivity index (χ4n) is 5.31. The molecule has 0 saturated carbocycles. The first-order chi connectivity index (χ1) is 17.6. The maximum Gasteiger partial charge on any atom is 0.231 e. The highest BCUT2D eigenvalue weighted by Gasteiger charge is 2.25. The third-order valence-electron chi connectivity index (χ3n) is 7.41. The predicted molar refractivity (Wildman–Crippen MR) is 142 cm³/mol. The summed E-state index contributed by atoms with van der Waals surface area (Å²) in [6.07, 6.45) is 4.52. The minimum Gasteiger partial charge on any atom is -0.454 e. The molecule has 1 atom stereocenters. The molecule has 0 aliphatic carbocycles. The van der Waals surface area contributed by atoms with Gasteiger partial charge in [0, 0.05) is 73.2 Å². The van der Waals surface area contributed by atoms with Crippen LogP contribution in [0.25, 0.3) is 10.9 Å². The van der Waals surface area contributed by atoms with E-state index in [1.165, 1.54) is 11.3 Å². The molecule has 6 rings (SSSR count). The summed E-state index contributed by atoms with van der Waals surface area (Å²) < 4.78 is 13.4. The molecule has 4 aromatic rings. The molecule has 0 amide bonds. The molecule has 2 aromatic heterocycles. The largest absolute Gasteiger partial charge is 0.454 e. The molecule has 0 spiro atoms. The number of fused-ring (bicyclic) bond motifs is 2. The Balaban J connectivity index is 1.21. The van der Waals surface area contributed by atoms with E-state index in [-0.39, 0.29) is 6.79 Å². The SMILES string of the molecule is Cc1c(Cl)cccc1N1CCN(C(C)Cc2nn(Cc3ccncc3)c3cc4c(cc23)OCO4)CC1. The van der Waals surface area contributed by atoms with Crippen LogP contribution in [0, 0.1) is 6.92 Å². The number of ether oxygens (including phenoxy) is 2. The number of hydrogen-bond acceptors (Lipinski definition) is 6. The molecule has 2 aliphatic rings. The van der Waals surface area contributed by atoms with Crippen molar-refractivity contribution in [3.8, 4) is 11.5 Å². The van der Waals surface area contributed by atoms with Gasteiger partial charge < -0.3 is 14.4 Å². The second-order valence-electron chi connectivity index (χ2n) is 9.64. The maximum atomic E-state index is 6.37. The molecule has 4 heterocycles. The second kappa shape index (κ2) is 9.64. The van der Waals surface area contributed by atoms with Crippen LogP contribution in [0.15, 0.2) is 54.9 Å². The molecule has 1 unspecified atom stereocenters. The van der Waals surface area contributed by atoms with Crippen LogP contribution in [0.4, 0.5) is 5.69 Å². The van der Waals surface area contributed by atoms with Crippen LogP contribution in [0.1, 0.15) is 23.7 Å². The van der Waals surface area contributed by atoms with Gasteiger partial charge in [0.15, 0.2) is 11.5 Å². The van der Waals surface area contributed by atoms with Gasteiger partial charge in [-0.2, -0.15) is 5.10 Å². The third-order valence-corrected chi connectivity index (χ3v) is 7.82. The minimum absolute atomic E-state index is 0.266. The molecule has 0 bridgehead atoms. The van der Waals surface area contributed by atoms with Gasteiger partial charge in [0.1, 0.15) is 0 Å². The normalized spacial score (nSPS) is 16.6. The zero-order valence-corrected chi connectivity index (χ0v) is 21.4. The van der Waals surface area contributed by atoms with Crippen molar-refractivity contribution in [3.63, 3.8) is 0 Å². The van der Waals surface area contributed by atoms with Crippen molar-refractivity contribution in [3.05, 3.63) is 76.7 Å². The molecule has 2 aromatic carbocycles. The Bertz CT molecular complexity index is 1380. The summed E-state index contributed by atoms with van der Waals surface area (Å²) in [5.41, 5.74) is 5.73. The Morgan fingerprint density at radius 1 is 1.00 bits per heavy atom. The summed E-state index contributed by atoms with van der Waals surface area (Å²) in [6.45, 7) is 9.35. The van der Waals surface area contributed by atoms with Gasteiger partial charge in [-0.15, -0.1) is 0 Å². The maximum absolute atomic E-state index is 6.37. The average molecular weight is 504 g/mol. The lowest BCUT2D eigenvalue weighted by Gasteiger charge is -2.39. The smallest absolute Gasteiger partial charge is 0.231 e. The molecule has 7 nitrogen and oxygen atoms in total. The van der Waals surface area contributed by atoms with Gasteiger partial charge in [-0.25, -0.2) is 0 Å². The van der Waals surface area contributed by atoms with Gasteiger partial charge in [-0.1, -0.05) is 17.7 Å². The van der Waals surface area contributed by atoms with Crippen LogP contribution in [-0.2, 0) is 13.0 Å². The molecular formula is C28H30ClN5O2. The van der Waals surface area contributed by atoms with Gasteiger partial charge in [0.25, 0.3) is 0 Å². The number of piperazine rings is 1. The summed E-state index contributed by atoms with van der Waals surface area (Å²) in [4.78, 5) is 9.16. The van der Waals surface area contributed by atoms with E-state index < -0.39 is 0 Å². The van der Waals surface area contributed by atoms with Crippen LogP contribution >= 0.6 is 11.6 Å². The number of aromatic nitrogens is 3. The number of hydrogen-bond donors (Lipinski definition) is 0. The van der Waals surface area contributed by atoms with Gasteiger partial charge in [0.05, 0.1) is 17.8 Å². The highest BCUT2D eigenvalue weighted by Crippen LogP contribution is 2.38. The molecule has 2 aliphatic heterocycles. The lowest BCUT2D eigenvalue weighted by atomic mass is 10.1. The number of anilines is 1. The van der Waals surface area contributed by atoms with Crippen LogP contribution in [-0.4, -0.2) is 58.7 Å². The van der Waals surface area contributed by atoms with Crippen molar-refractivity contribution < 1.29 is 9.47 Å². The van der Waals surface area contributed by atoms with Crippen molar-refractivity contribution >= 4 is 28.2 Å². The Morgan fingerprint density at radius 3 is 2.53 bits per heavy atom. The van der Waals surface area contributed by atoms with Crippen LogP contribution in [0.5, 0.6) is 11.5 Å². The zero-order chi connectivity index (χ0) is 24.6. The lowest BCUT2D eigenvalue weighted by Crippen LogP contribution is -2.50. The van der Waals surface area contributed by atoms with Gasteiger partial charge in [-0.3, -0.25) is 14.6 Å². The Morgan fingerprint density at radius 2 is 1.75 bits per heavy atom. The summed E-state index contributed by atoms with van der Waals surface area (Å²) in [6, 6.07) is 14.8. The second-order valence-corrected chi connectivity index (χ2v) is 10.0. The van der Waals surface area contributed by atoms with Crippen molar-refractivity contribution in [2.75, 3.05) is 37.9 Å². The van der Waals surface area contributed by atoms with E-state index in [2.05, 4.69) is 51.5 Å². The monoisotopic (exact) mass is 503 g/mol. The molecular weight excluding hydrogens is 474 g/mol. The molecule has 0 radical (unpaired) electrons. The van der Waals surface area contributed by atoms with E-state index in [1.54, 1.807) is 0 Å². The summed E-state index contributed by atoms with van der Waals surface area (Å²) in [5.74, 6) is 1.58. The quantitative estimate of drug-likeness (QED) is 0.372. The van der Waals surface area contributed by atoms with Crippen molar-refractivity contribution in [1.29, 1.82) is 0 Å². The number of nitrogens with zero attached hydrogens (tertiary/aromatic N) is 5. The Hall–Kier alpha value is -3.29. The highest BCUT2D eigenvalue weighted by molar-refractivity contribution is 6.31. The van der Waals surface area contributed by atoms with Crippen molar-refractivity contribution in [2.24, 2.45) is 0 Å². The van der Waals surface area contributed by atoms with Gasteiger partial charge >= 0.3 is 0 Å². The van der Waals surface area contributed by atoms with E-state index in [1.807, 2.05) is 36.7 Å². The lowest BCUT2D eigenvalue weighted by molar-refractivity contribution is 0.174. The van der Waals surface area contributed by atoms with Gasteiger partial charge in [0.2, 0.25) is 6.79 Å². The van der Waals surface area contributed by atoms with Crippen LogP contribution in [0.3, 0.4) is 0 Å². The van der Waals surface area contributed by atoms with Crippen molar-refractivity contribution in [2.45, 2.75) is 32.9 Å². The van der Waals surface area contributed by atoms with E-state index >= 15 is 0 Å². The first kappa shape index (κ1) is 23.1. The number of rotatable bonds is 6. The fourth-order valence-corrected chi connectivity index (χ4v) is 5.48. The van der Waals surface area contributed by atoms with Crippen molar-refractivity contribution in [1.82, 2.24) is 19.7 Å². The highest BCUT2D eigenvalue weighted by atomic mass is 35.5. The summed E-state index contributed by atoms with van der Waals surface area (Å²) in [7, 11) is 0. The van der Waals surface area contributed by atoms with Crippen LogP contribution < -0.4 is 14.4 Å². The molecule has 8 heteroatoms. The fraction of sp³-hybridized carbons (Fsp3) is 0.357. The average Bonchev–Trinajstić information content (AvgIpc) is 3.49. The number of halogens is 1. The van der Waals surface area contributed by atoms with E-state index in [9.17, 15) is 0 Å². The zero-order valence-electron chi connectivity index (χ0n) is 20.7. The molecule has 0 N–H and O–H groups in total. The topological polar surface area (TPSA) is 55.7 Å². The summed E-state index contributed by atoms with van der Waals surface area (Å²) in [5, 5.41) is 7.04. The molecule has 1 saturated heterocycles. The standard InChI is InChI=1S/C28H30ClN5O2/c1-19(32-10-12-33(13-11-32)25-5-3-4-23(29)20(25)2)14-24-22-15-27-28(36-18-35-27)16-26(22)34(31-24)17-21-6-8-30-9-7-21/h3-9,15-16,19H,10-14,17-18H2,1-2H3. The molecule has 186 valence electrons. The first-order valence-electron chi connectivity index (χ1n) is 12.5. The Labute approximate surface area is 216 Å². The van der Waals surface area contributed by atoms with E-state index in [0.717, 1.165) is 71.3 Å². The number of benzene rings is 2. The third kappa shape index (κ3) is 4.38. The first-order valence-corrected chi connectivity index (χ1v) is 12.9. The van der Waals surface area contributed by atoms with E-state index in [4.69, 9.17) is 26.2 Å². The summed E-state index contributed by atoms with van der Waals surface area (Å²) >= 11 is 6.37. The minimum atomic E-state index is 0.266. The number of pyridine rings is 1. The van der Waals surface area contributed by atoms with E-state index in [0.29, 0.717) is 12.6 Å². The predicted octanol–water partition coefficient (Wildman–Crippen LogP) is 4.92. The van der Waals surface area contributed by atoms with Crippen LogP contribution in [0.2, 0.25) is 5.02 Å². The van der Waals surface area contributed by atoms with Gasteiger partial charge in [-0.05, 0) is 55.3 Å². The molecule has 1 fully saturated rings. The molecule has 36 heavy (non-hydrogen) atoms. The Kier molecular flexibility index (Phi) is 6.19.